The van der Waals surface area contributed by atoms with Crippen molar-refractivity contribution in [2.75, 3.05) is 26.0 Å². The number of thiazole rings is 1. The minimum absolute atomic E-state index is 0.163. The van der Waals surface area contributed by atoms with Crippen LogP contribution in [0.4, 0.5) is 5.13 Å². The van der Waals surface area contributed by atoms with Crippen LogP contribution in [0.5, 0.6) is 5.75 Å². The maximum absolute atomic E-state index is 12.0. The monoisotopic (exact) mass is 373 g/mol. The molecule has 0 aliphatic carbocycles. The molecule has 2 aromatic heterocycles. The third kappa shape index (κ3) is 4.47. The Kier molecular flexibility index (Phi) is 5.34. The van der Waals surface area contributed by atoms with Crippen LogP contribution in [-0.4, -0.2) is 36.5 Å². The second-order valence-corrected chi connectivity index (χ2v) is 6.98. The number of carbonyl (C=O) groups excluding carboxylic acids is 1. The molecule has 3 aromatic rings. The van der Waals surface area contributed by atoms with Gasteiger partial charge in [0.25, 0.3) is 5.91 Å². The fourth-order valence-electron chi connectivity index (χ4n) is 2.46. The lowest BCUT2D eigenvalue weighted by Crippen LogP contribution is -2.20. The Hall–Kier alpha value is -2.71. The molecule has 26 heavy (non-hydrogen) atoms. The number of hydrogen-bond donors (Lipinski definition) is 1. The Morgan fingerprint density at radius 1 is 1.35 bits per heavy atom. The Labute approximate surface area is 154 Å². The molecule has 0 spiro atoms. The second kappa shape index (κ2) is 7.67. The van der Waals surface area contributed by atoms with Crippen LogP contribution in [0.2, 0.25) is 0 Å². The molecule has 2 heterocycles. The van der Waals surface area contributed by atoms with Gasteiger partial charge in [-0.25, -0.2) is 9.78 Å². The van der Waals surface area contributed by atoms with Crippen molar-refractivity contribution < 1.29 is 13.9 Å². The van der Waals surface area contributed by atoms with Gasteiger partial charge >= 0.3 is 5.63 Å². The van der Waals surface area contributed by atoms with Crippen molar-refractivity contribution in [3.63, 3.8) is 0 Å². The first kappa shape index (κ1) is 18.1. The van der Waals surface area contributed by atoms with Crippen LogP contribution in [0.15, 0.2) is 38.9 Å². The Balaban J connectivity index is 1.61. The lowest BCUT2D eigenvalue weighted by Gasteiger charge is -2.07. The van der Waals surface area contributed by atoms with Gasteiger partial charge < -0.3 is 14.1 Å². The van der Waals surface area contributed by atoms with E-state index in [1.54, 1.807) is 18.2 Å². The van der Waals surface area contributed by atoms with Crippen molar-refractivity contribution in [1.82, 2.24) is 9.88 Å². The van der Waals surface area contributed by atoms with Gasteiger partial charge in [0.1, 0.15) is 11.3 Å². The first-order valence-electron chi connectivity index (χ1n) is 7.97. The molecule has 1 amide bonds. The number of hydrogen-bond acceptors (Lipinski definition) is 7. The normalized spacial score (nSPS) is 11.1. The molecule has 0 saturated carbocycles. The average molecular weight is 373 g/mol. The summed E-state index contributed by atoms with van der Waals surface area (Å²) >= 11 is 1.37. The first-order chi connectivity index (χ1) is 12.4. The second-order valence-electron chi connectivity index (χ2n) is 6.13. The molecule has 0 aliphatic heterocycles. The standard InChI is InChI=1S/C18H19N3O4S/c1-11-6-17(23)25-15-7-13(4-5-14(11)15)24-9-16(22)20-18-19-12(10-26-18)8-21(2)3/h4-7,10H,8-9H2,1-3H3,(H,19,20,22). The number of benzene rings is 1. The minimum atomic E-state index is -0.415. The highest BCUT2D eigenvalue weighted by Crippen LogP contribution is 2.22. The molecule has 0 unspecified atom stereocenters. The molecule has 0 saturated heterocycles. The van der Waals surface area contributed by atoms with Gasteiger partial charge in [0.15, 0.2) is 11.7 Å². The van der Waals surface area contributed by atoms with Gasteiger partial charge in [-0.3, -0.25) is 10.1 Å². The third-order valence-corrected chi connectivity index (χ3v) is 4.38. The largest absolute Gasteiger partial charge is 0.484 e. The van der Waals surface area contributed by atoms with E-state index in [9.17, 15) is 9.59 Å². The molecule has 8 heteroatoms. The zero-order chi connectivity index (χ0) is 18.7. The molecule has 7 nitrogen and oxygen atoms in total. The summed E-state index contributed by atoms with van der Waals surface area (Å²) in [5.74, 6) is 0.149. The zero-order valence-electron chi connectivity index (χ0n) is 14.7. The topological polar surface area (TPSA) is 84.7 Å². The van der Waals surface area contributed by atoms with E-state index in [-0.39, 0.29) is 12.5 Å². The number of nitrogens with zero attached hydrogens (tertiary/aromatic N) is 2. The molecule has 0 atom stereocenters. The van der Waals surface area contributed by atoms with Crippen LogP contribution < -0.4 is 15.7 Å². The maximum atomic E-state index is 12.0. The highest BCUT2D eigenvalue weighted by atomic mass is 32.1. The number of ether oxygens (including phenoxy) is 1. The van der Waals surface area contributed by atoms with Gasteiger partial charge in [-0.05, 0) is 38.7 Å². The molecular formula is C18H19N3O4S. The summed E-state index contributed by atoms with van der Waals surface area (Å²) in [4.78, 5) is 29.9. The summed E-state index contributed by atoms with van der Waals surface area (Å²) in [5, 5.41) is 5.99. The number of nitrogens with one attached hydrogen (secondary N) is 1. The average Bonchev–Trinajstić information content (AvgIpc) is 2.98. The number of amides is 1. The van der Waals surface area contributed by atoms with Crippen LogP contribution in [-0.2, 0) is 11.3 Å². The van der Waals surface area contributed by atoms with E-state index >= 15 is 0 Å². The molecule has 136 valence electrons. The van der Waals surface area contributed by atoms with Crippen molar-refractivity contribution in [3.8, 4) is 5.75 Å². The van der Waals surface area contributed by atoms with E-state index in [0.29, 0.717) is 23.0 Å². The van der Waals surface area contributed by atoms with Gasteiger partial charge in [0.05, 0.1) is 5.69 Å². The van der Waals surface area contributed by atoms with Crippen molar-refractivity contribution in [2.24, 2.45) is 0 Å². The molecule has 0 bridgehead atoms. The molecule has 0 fully saturated rings. The van der Waals surface area contributed by atoms with Crippen molar-refractivity contribution in [3.05, 3.63) is 51.3 Å². The quantitative estimate of drug-likeness (QED) is 0.669. The van der Waals surface area contributed by atoms with Gasteiger partial charge in [0.2, 0.25) is 0 Å². The predicted molar refractivity (Wildman–Crippen MR) is 101 cm³/mol. The molecule has 3 rings (SSSR count). The molecule has 1 aromatic carbocycles. The van der Waals surface area contributed by atoms with Crippen LogP contribution in [0.3, 0.4) is 0 Å². The maximum Gasteiger partial charge on any atom is 0.336 e. The third-order valence-electron chi connectivity index (χ3n) is 3.57. The summed E-state index contributed by atoms with van der Waals surface area (Å²) in [6.07, 6.45) is 0. The summed E-state index contributed by atoms with van der Waals surface area (Å²) in [6, 6.07) is 6.58. The van der Waals surface area contributed by atoms with Gasteiger partial charge in [-0.2, -0.15) is 0 Å². The molecular weight excluding hydrogens is 354 g/mol. The Bertz CT molecular complexity index is 994. The predicted octanol–water partition coefficient (Wildman–Crippen LogP) is 2.64. The van der Waals surface area contributed by atoms with Crippen LogP contribution in [0.25, 0.3) is 11.0 Å². The van der Waals surface area contributed by atoms with E-state index in [2.05, 4.69) is 10.3 Å². The number of aromatic nitrogens is 1. The Morgan fingerprint density at radius 2 is 2.15 bits per heavy atom. The SMILES string of the molecule is Cc1cc(=O)oc2cc(OCC(=O)Nc3nc(CN(C)C)cs3)ccc12. The highest BCUT2D eigenvalue weighted by molar-refractivity contribution is 7.13. The van der Waals surface area contributed by atoms with Crippen LogP contribution in [0.1, 0.15) is 11.3 Å². The number of aryl methyl sites for hydroxylation is 1. The number of anilines is 1. The highest BCUT2D eigenvalue weighted by Gasteiger charge is 2.09. The van der Waals surface area contributed by atoms with Gasteiger partial charge in [-0.15, -0.1) is 11.3 Å². The Morgan fingerprint density at radius 3 is 2.92 bits per heavy atom. The summed E-state index contributed by atoms with van der Waals surface area (Å²) < 4.78 is 10.7. The summed E-state index contributed by atoms with van der Waals surface area (Å²) in [7, 11) is 3.91. The lowest BCUT2D eigenvalue weighted by atomic mass is 10.1. The van der Waals surface area contributed by atoms with E-state index in [4.69, 9.17) is 9.15 Å². The minimum Gasteiger partial charge on any atom is -0.484 e. The zero-order valence-corrected chi connectivity index (χ0v) is 15.6. The molecule has 0 aliphatic rings. The van der Waals surface area contributed by atoms with E-state index in [0.717, 1.165) is 16.6 Å². The van der Waals surface area contributed by atoms with Crippen LogP contribution in [0, 0.1) is 6.92 Å². The van der Waals surface area contributed by atoms with Crippen LogP contribution >= 0.6 is 11.3 Å². The number of carbonyl (C=O) groups is 1. The fraction of sp³-hybridized carbons (Fsp3) is 0.278. The number of rotatable bonds is 6. The van der Waals surface area contributed by atoms with Gasteiger partial charge in [-0.1, -0.05) is 0 Å². The summed E-state index contributed by atoms with van der Waals surface area (Å²) in [5.41, 5.74) is 1.75. The first-order valence-corrected chi connectivity index (χ1v) is 8.85. The summed E-state index contributed by atoms with van der Waals surface area (Å²) in [6.45, 7) is 2.39. The number of fused-ring (bicyclic) bond motifs is 1. The van der Waals surface area contributed by atoms with Crippen molar-refractivity contribution in [2.45, 2.75) is 13.5 Å². The molecule has 1 N–H and O–H groups in total. The van der Waals surface area contributed by atoms with E-state index in [1.807, 2.05) is 31.3 Å². The van der Waals surface area contributed by atoms with Gasteiger partial charge in [0, 0.05) is 29.4 Å². The van der Waals surface area contributed by atoms with Crippen molar-refractivity contribution in [1.29, 1.82) is 0 Å². The lowest BCUT2D eigenvalue weighted by molar-refractivity contribution is -0.118. The smallest absolute Gasteiger partial charge is 0.336 e. The van der Waals surface area contributed by atoms with E-state index < -0.39 is 5.63 Å². The molecule has 0 radical (unpaired) electrons. The fourth-order valence-corrected chi connectivity index (χ4v) is 3.18. The van der Waals surface area contributed by atoms with E-state index in [1.165, 1.54) is 17.4 Å². The van der Waals surface area contributed by atoms with Crippen molar-refractivity contribution >= 4 is 33.3 Å².